The molecule has 8 nitrogen and oxygen atoms in total. The van der Waals surface area contributed by atoms with Crippen molar-refractivity contribution in [3.8, 4) is 6.07 Å². The van der Waals surface area contributed by atoms with E-state index in [-0.39, 0.29) is 34.4 Å². The molecule has 2 aliphatic rings. The zero-order valence-electron chi connectivity index (χ0n) is 25.9. The van der Waals surface area contributed by atoms with Gasteiger partial charge in [0.1, 0.15) is 11.1 Å². The molecule has 1 amide bonds. The maximum absolute atomic E-state index is 14.2. The molecule has 222 valence electrons. The minimum absolute atomic E-state index is 0.0168. The molecule has 0 bridgehead atoms. The predicted molar refractivity (Wildman–Crippen MR) is 167 cm³/mol. The van der Waals surface area contributed by atoms with E-state index in [0.29, 0.717) is 44.5 Å². The molecule has 1 aromatic heterocycles. The first-order valence-corrected chi connectivity index (χ1v) is 16.7. The van der Waals surface area contributed by atoms with Gasteiger partial charge in [0, 0.05) is 72.7 Å². The zero-order valence-corrected chi connectivity index (χ0v) is 26.8. The van der Waals surface area contributed by atoms with E-state index < -0.39 is 12.9 Å². The molecular formula is C32H45N4O4P. The summed E-state index contributed by atoms with van der Waals surface area (Å²) in [5.74, 6) is -0.333. The molecule has 0 unspecified atom stereocenters. The van der Waals surface area contributed by atoms with Gasteiger partial charge in [-0.05, 0) is 58.2 Å². The van der Waals surface area contributed by atoms with Crippen LogP contribution in [0.25, 0.3) is 16.5 Å². The molecule has 9 heteroatoms. The average molecular weight is 581 g/mol. The van der Waals surface area contributed by atoms with E-state index in [1.165, 1.54) is 0 Å². The molecule has 3 heterocycles. The first kappa shape index (κ1) is 31.1. The molecule has 0 saturated carbocycles. The lowest BCUT2D eigenvalue weighted by molar-refractivity contribution is 0.0673. The summed E-state index contributed by atoms with van der Waals surface area (Å²) < 4.78 is 22.0. The molecule has 4 rings (SSSR count). The van der Waals surface area contributed by atoms with Crippen molar-refractivity contribution in [1.29, 1.82) is 5.26 Å². The third-order valence-electron chi connectivity index (χ3n) is 8.89. The largest absolute Gasteiger partial charge is 0.422 e. The number of nitriles is 1. The lowest BCUT2D eigenvalue weighted by Crippen LogP contribution is -2.48. The number of carbonyl (C=O) groups is 1. The molecule has 0 N–H and O–H groups in total. The Hall–Kier alpha value is -2.88. The Balaban J connectivity index is 1.60. The summed E-state index contributed by atoms with van der Waals surface area (Å²) in [6.07, 6.45) is 3.84. The fraction of sp³-hybridized carbons (Fsp3) is 0.594. The van der Waals surface area contributed by atoms with Crippen LogP contribution >= 0.6 is 7.29 Å². The van der Waals surface area contributed by atoms with E-state index in [4.69, 9.17) is 4.42 Å². The monoisotopic (exact) mass is 580 g/mol. The molecule has 0 atom stereocenters. The van der Waals surface area contributed by atoms with E-state index in [0.717, 1.165) is 28.8 Å². The van der Waals surface area contributed by atoms with Crippen LogP contribution < -0.4 is 10.5 Å². The summed E-state index contributed by atoms with van der Waals surface area (Å²) in [5.41, 5.74) is 2.92. The van der Waals surface area contributed by atoms with Crippen LogP contribution in [0, 0.1) is 11.3 Å². The Bertz CT molecular complexity index is 1480. The van der Waals surface area contributed by atoms with Crippen LogP contribution in [0.15, 0.2) is 33.5 Å². The van der Waals surface area contributed by atoms with Gasteiger partial charge in [-0.2, -0.15) is 5.26 Å². The number of hydrogen-bond donors (Lipinski definition) is 0. The van der Waals surface area contributed by atoms with Gasteiger partial charge in [0.15, 0.2) is 7.29 Å². The smallest absolute Gasteiger partial charge is 0.349 e. The Morgan fingerprint density at radius 1 is 1.17 bits per heavy atom. The van der Waals surface area contributed by atoms with E-state index in [1.54, 1.807) is 11.0 Å². The number of benzene rings is 1. The van der Waals surface area contributed by atoms with Crippen molar-refractivity contribution >= 4 is 35.4 Å². The van der Waals surface area contributed by atoms with Crippen LogP contribution in [0.4, 0.5) is 5.69 Å². The molecule has 2 aromatic rings. The number of likely N-dealkylation sites (N-methyl/N-ethyl adjacent to an activating group) is 1. The van der Waals surface area contributed by atoms with E-state index >= 15 is 0 Å². The molecular weight excluding hydrogens is 535 g/mol. The maximum atomic E-state index is 14.2. The number of rotatable bonds is 8. The number of allylic oxidation sites excluding steroid dienone is 1. The van der Waals surface area contributed by atoms with Crippen molar-refractivity contribution in [2.45, 2.75) is 97.6 Å². The highest BCUT2D eigenvalue weighted by atomic mass is 31.2. The second-order valence-corrected chi connectivity index (χ2v) is 16.5. The molecule has 0 aliphatic carbocycles. The van der Waals surface area contributed by atoms with Crippen LogP contribution in [0.3, 0.4) is 0 Å². The first-order valence-electron chi connectivity index (χ1n) is 14.9. The highest BCUT2D eigenvalue weighted by Gasteiger charge is 2.42. The number of likely N-dealkylation sites (tertiary alicyclic amines) is 1. The van der Waals surface area contributed by atoms with Crippen molar-refractivity contribution in [2.75, 3.05) is 31.1 Å². The van der Waals surface area contributed by atoms with Crippen molar-refractivity contribution < 1.29 is 13.8 Å². The summed E-state index contributed by atoms with van der Waals surface area (Å²) in [4.78, 5) is 30.7. The standard InChI is InChI=1S/C32H45N4O4P/c1-9-35-28-19-29-24(17-26(28)23(6)20-32(35,7)8)18-27(31(38)40-29)30(37)34-15-11-25(12-16-34)36(14-10-13-33)41(39,21(2)3)22(4)5/h17-22,25H,9-12,14-16H2,1-8H3. The molecule has 2 aliphatic heterocycles. The van der Waals surface area contributed by atoms with Gasteiger partial charge in [-0.3, -0.25) is 4.79 Å². The fourth-order valence-electron chi connectivity index (χ4n) is 6.90. The minimum Gasteiger partial charge on any atom is -0.422 e. The van der Waals surface area contributed by atoms with Crippen molar-refractivity contribution in [3.63, 3.8) is 0 Å². The summed E-state index contributed by atoms with van der Waals surface area (Å²) in [6.45, 7) is 18.7. The molecule has 1 saturated heterocycles. The minimum atomic E-state index is -2.73. The number of piperidine rings is 1. The number of carbonyl (C=O) groups excluding carboxylic acids is 1. The highest BCUT2D eigenvalue weighted by molar-refractivity contribution is 7.62. The number of fused-ring (bicyclic) bond motifs is 2. The summed E-state index contributed by atoms with van der Waals surface area (Å²) in [6, 6.07) is 7.84. The second-order valence-electron chi connectivity index (χ2n) is 12.5. The number of nitrogens with zero attached hydrogens (tertiary/aromatic N) is 4. The molecule has 0 radical (unpaired) electrons. The third kappa shape index (κ3) is 5.64. The third-order valence-corrected chi connectivity index (χ3v) is 13.2. The summed E-state index contributed by atoms with van der Waals surface area (Å²) >= 11 is 0. The normalized spacial score (nSPS) is 17.8. The first-order chi connectivity index (χ1) is 19.3. The molecule has 1 aromatic carbocycles. The topological polar surface area (TPSA) is 97.9 Å². The van der Waals surface area contributed by atoms with Gasteiger partial charge in [-0.15, -0.1) is 0 Å². The van der Waals surface area contributed by atoms with Crippen molar-refractivity contribution in [2.24, 2.45) is 0 Å². The maximum Gasteiger partial charge on any atom is 0.349 e. The number of amides is 1. The van der Waals surface area contributed by atoms with Gasteiger partial charge >= 0.3 is 5.63 Å². The van der Waals surface area contributed by atoms with E-state index in [1.807, 2.05) is 39.8 Å². The summed E-state index contributed by atoms with van der Waals surface area (Å²) in [7, 11) is -2.73. The van der Waals surface area contributed by atoms with Gasteiger partial charge in [0.05, 0.1) is 11.6 Å². The quantitative estimate of drug-likeness (QED) is 0.252. The lowest BCUT2D eigenvalue weighted by Gasteiger charge is -2.45. The van der Waals surface area contributed by atoms with Gasteiger partial charge in [0.2, 0.25) is 0 Å². The van der Waals surface area contributed by atoms with Gasteiger partial charge in [0.25, 0.3) is 5.91 Å². The van der Waals surface area contributed by atoms with Crippen LogP contribution in [-0.4, -0.2) is 64.6 Å². The molecule has 1 fully saturated rings. The Morgan fingerprint density at radius 2 is 1.80 bits per heavy atom. The average Bonchev–Trinajstić information content (AvgIpc) is 2.91. The van der Waals surface area contributed by atoms with Gasteiger partial charge in [-0.1, -0.05) is 33.8 Å². The highest BCUT2D eigenvalue weighted by Crippen LogP contribution is 2.59. The van der Waals surface area contributed by atoms with E-state index in [9.17, 15) is 19.4 Å². The zero-order chi connectivity index (χ0) is 30.3. The summed E-state index contributed by atoms with van der Waals surface area (Å²) in [5, 5.41) is 9.99. The van der Waals surface area contributed by atoms with Crippen LogP contribution in [0.2, 0.25) is 0 Å². The molecule has 41 heavy (non-hydrogen) atoms. The Labute approximate surface area is 244 Å². The van der Waals surface area contributed by atoms with Crippen LogP contribution in [0.5, 0.6) is 0 Å². The lowest BCUT2D eigenvalue weighted by atomic mass is 9.88. The van der Waals surface area contributed by atoms with Crippen molar-refractivity contribution in [1.82, 2.24) is 9.57 Å². The van der Waals surface area contributed by atoms with Crippen molar-refractivity contribution in [3.05, 3.63) is 45.8 Å². The Kier molecular flexibility index (Phi) is 8.92. The Morgan fingerprint density at radius 3 is 2.37 bits per heavy atom. The van der Waals surface area contributed by atoms with Gasteiger partial charge < -0.3 is 18.8 Å². The van der Waals surface area contributed by atoms with E-state index in [2.05, 4.69) is 49.4 Å². The SMILES string of the molecule is CCN1c2cc3oc(=O)c(C(=O)N4CCC(N(CCC#N)P(=O)(C(C)C)C(C)C)CC4)cc3cc2C(C)=CC1(C)C. The predicted octanol–water partition coefficient (Wildman–Crippen LogP) is 6.73. The van der Waals surface area contributed by atoms with Gasteiger partial charge in [-0.25, -0.2) is 9.46 Å². The fourth-order valence-corrected chi connectivity index (χ4v) is 10.4. The number of hydrogen-bond acceptors (Lipinski definition) is 6. The van der Waals surface area contributed by atoms with Crippen LogP contribution in [-0.2, 0) is 4.57 Å². The molecule has 0 spiro atoms. The second kappa shape index (κ2) is 11.8. The van der Waals surface area contributed by atoms with Crippen LogP contribution in [0.1, 0.15) is 90.6 Å². The number of anilines is 1.